The largest absolute Gasteiger partial charge is 0.493 e. The Balaban J connectivity index is 2.07. The number of rotatable bonds is 5. The van der Waals surface area contributed by atoms with Crippen LogP contribution >= 0.6 is 0 Å². The van der Waals surface area contributed by atoms with Crippen molar-refractivity contribution in [2.75, 3.05) is 14.2 Å². The van der Waals surface area contributed by atoms with Crippen LogP contribution in [0.1, 0.15) is 21.8 Å². The highest BCUT2D eigenvalue weighted by molar-refractivity contribution is 5.94. The van der Waals surface area contributed by atoms with Crippen molar-refractivity contribution in [2.45, 2.75) is 13.5 Å². The fourth-order valence-corrected chi connectivity index (χ4v) is 1.74. The van der Waals surface area contributed by atoms with E-state index in [0.717, 1.165) is 5.69 Å². The second-order valence-corrected chi connectivity index (χ2v) is 4.11. The zero-order chi connectivity index (χ0) is 14.5. The number of ether oxygens (including phenoxy) is 2. The summed E-state index contributed by atoms with van der Waals surface area (Å²) in [5.41, 5.74) is 1.25. The summed E-state index contributed by atoms with van der Waals surface area (Å²) >= 11 is 0. The number of carbonyl (C=O) groups excluding carboxylic acids is 1. The molecule has 0 aliphatic carbocycles. The van der Waals surface area contributed by atoms with Gasteiger partial charge >= 0.3 is 0 Å². The molecule has 1 heterocycles. The van der Waals surface area contributed by atoms with E-state index in [0.29, 0.717) is 29.4 Å². The van der Waals surface area contributed by atoms with Crippen LogP contribution in [0.4, 0.5) is 0 Å². The normalized spacial score (nSPS) is 10.2. The Kier molecular flexibility index (Phi) is 4.24. The Labute approximate surface area is 116 Å². The molecule has 20 heavy (non-hydrogen) atoms. The fraction of sp³-hybridized carbons (Fsp3) is 0.286. The minimum Gasteiger partial charge on any atom is -0.493 e. The third kappa shape index (κ3) is 2.90. The highest BCUT2D eigenvalue weighted by Gasteiger charge is 2.12. The van der Waals surface area contributed by atoms with Gasteiger partial charge in [-0.1, -0.05) is 0 Å². The fourth-order valence-electron chi connectivity index (χ4n) is 1.74. The summed E-state index contributed by atoms with van der Waals surface area (Å²) in [6.45, 7) is 2.11. The van der Waals surface area contributed by atoms with Gasteiger partial charge in [-0.2, -0.15) is 0 Å². The first-order valence-corrected chi connectivity index (χ1v) is 6.05. The summed E-state index contributed by atoms with van der Waals surface area (Å²) in [6.07, 6.45) is 1.35. The summed E-state index contributed by atoms with van der Waals surface area (Å²) in [6, 6.07) is 4.98. The number of nitrogens with zero attached hydrogens (tertiary/aromatic N) is 1. The van der Waals surface area contributed by atoms with Gasteiger partial charge in [0.05, 0.1) is 26.5 Å². The minimum atomic E-state index is -0.221. The van der Waals surface area contributed by atoms with E-state index in [1.54, 1.807) is 25.3 Å². The van der Waals surface area contributed by atoms with E-state index in [4.69, 9.17) is 13.9 Å². The molecule has 2 aromatic rings. The summed E-state index contributed by atoms with van der Waals surface area (Å²) in [7, 11) is 3.07. The SMILES string of the molecule is COc1ccc(C(=O)NCc2ocnc2C)cc1OC. The Bertz CT molecular complexity index is 607. The maximum Gasteiger partial charge on any atom is 0.251 e. The van der Waals surface area contributed by atoms with Gasteiger partial charge in [0.2, 0.25) is 0 Å². The van der Waals surface area contributed by atoms with Crippen LogP contribution in [-0.4, -0.2) is 25.1 Å². The second-order valence-electron chi connectivity index (χ2n) is 4.11. The predicted octanol–water partition coefficient (Wildman–Crippen LogP) is 1.93. The summed E-state index contributed by atoms with van der Waals surface area (Å²) in [5.74, 6) is 1.51. The molecule has 0 aliphatic heterocycles. The van der Waals surface area contributed by atoms with Crippen molar-refractivity contribution < 1.29 is 18.7 Å². The molecule has 106 valence electrons. The molecule has 0 radical (unpaired) electrons. The molecule has 0 aliphatic rings. The lowest BCUT2D eigenvalue weighted by molar-refractivity contribution is 0.0947. The maximum atomic E-state index is 12.0. The van der Waals surface area contributed by atoms with E-state index < -0.39 is 0 Å². The van der Waals surface area contributed by atoms with Gasteiger partial charge in [0.1, 0.15) is 5.76 Å². The minimum absolute atomic E-state index is 0.221. The Morgan fingerprint density at radius 3 is 2.65 bits per heavy atom. The van der Waals surface area contributed by atoms with Gasteiger partial charge in [-0.25, -0.2) is 4.98 Å². The van der Waals surface area contributed by atoms with Crippen molar-refractivity contribution in [1.29, 1.82) is 0 Å². The predicted molar refractivity (Wildman–Crippen MR) is 72.0 cm³/mol. The molecule has 0 bridgehead atoms. The molecule has 1 aromatic carbocycles. The lowest BCUT2D eigenvalue weighted by Crippen LogP contribution is -2.22. The van der Waals surface area contributed by atoms with Crippen LogP contribution in [0.25, 0.3) is 0 Å². The molecule has 0 saturated carbocycles. The van der Waals surface area contributed by atoms with Gasteiger partial charge in [0, 0.05) is 5.56 Å². The van der Waals surface area contributed by atoms with Crippen LogP contribution in [0, 0.1) is 6.92 Å². The highest BCUT2D eigenvalue weighted by Crippen LogP contribution is 2.27. The number of hydrogen-bond acceptors (Lipinski definition) is 5. The molecule has 1 N–H and O–H groups in total. The van der Waals surface area contributed by atoms with Gasteiger partial charge in [-0.15, -0.1) is 0 Å². The molecular weight excluding hydrogens is 260 g/mol. The summed E-state index contributed by atoms with van der Waals surface area (Å²) in [5, 5.41) is 2.76. The monoisotopic (exact) mass is 276 g/mol. The third-order valence-electron chi connectivity index (χ3n) is 2.90. The van der Waals surface area contributed by atoms with Crippen LogP contribution in [0.2, 0.25) is 0 Å². The van der Waals surface area contributed by atoms with Crippen molar-refractivity contribution in [2.24, 2.45) is 0 Å². The molecule has 2 rings (SSSR count). The average Bonchev–Trinajstić information content (AvgIpc) is 2.89. The van der Waals surface area contributed by atoms with Crippen LogP contribution < -0.4 is 14.8 Å². The molecule has 0 saturated heterocycles. The zero-order valence-corrected chi connectivity index (χ0v) is 11.6. The van der Waals surface area contributed by atoms with Gasteiger partial charge in [0.15, 0.2) is 17.9 Å². The molecule has 0 unspecified atom stereocenters. The van der Waals surface area contributed by atoms with Crippen LogP contribution in [-0.2, 0) is 6.54 Å². The van der Waals surface area contributed by atoms with Crippen molar-refractivity contribution >= 4 is 5.91 Å². The van der Waals surface area contributed by atoms with Crippen molar-refractivity contribution in [3.63, 3.8) is 0 Å². The first-order valence-electron chi connectivity index (χ1n) is 6.05. The molecule has 1 amide bonds. The average molecular weight is 276 g/mol. The van der Waals surface area contributed by atoms with E-state index in [1.165, 1.54) is 13.5 Å². The molecule has 6 heteroatoms. The lowest BCUT2D eigenvalue weighted by Gasteiger charge is -2.09. The van der Waals surface area contributed by atoms with Gasteiger partial charge in [-0.3, -0.25) is 4.79 Å². The molecule has 6 nitrogen and oxygen atoms in total. The summed E-state index contributed by atoms with van der Waals surface area (Å²) < 4.78 is 15.5. The van der Waals surface area contributed by atoms with E-state index in [-0.39, 0.29) is 5.91 Å². The number of amides is 1. The van der Waals surface area contributed by atoms with E-state index in [2.05, 4.69) is 10.3 Å². The van der Waals surface area contributed by atoms with E-state index in [1.807, 2.05) is 6.92 Å². The topological polar surface area (TPSA) is 73.6 Å². The number of carbonyl (C=O) groups is 1. The highest BCUT2D eigenvalue weighted by atomic mass is 16.5. The van der Waals surface area contributed by atoms with Gasteiger partial charge in [0.25, 0.3) is 5.91 Å². The number of nitrogens with one attached hydrogen (secondary N) is 1. The van der Waals surface area contributed by atoms with E-state index >= 15 is 0 Å². The number of aromatic nitrogens is 1. The number of hydrogen-bond donors (Lipinski definition) is 1. The quantitative estimate of drug-likeness (QED) is 0.903. The van der Waals surface area contributed by atoms with Crippen LogP contribution in [0.5, 0.6) is 11.5 Å². The zero-order valence-electron chi connectivity index (χ0n) is 11.6. The number of oxazole rings is 1. The number of aryl methyl sites for hydroxylation is 1. The van der Waals surface area contributed by atoms with Gasteiger partial charge < -0.3 is 19.2 Å². The Morgan fingerprint density at radius 1 is 1.30 bits per heavy atom. The first kappa shape index (κ1) is 13.9. The second kappa shape index (κ2) is 6.10. The first-order chi connectivity index (χ1) is 9.65. The maximum absolute atomic E-state index is 12.0. The summed E-state index contributed by atoms with van der Waals surface area (Å²) in [4.78, 5) is 16.0. The van der Waals surface area contributed by atoms with Crippen LogP contribution in [0.15, 0.2) is 29.0 Å². The van der Waals surface area contributed by atoms with Crippen molar-refractivity contribution in [3.05, 3.63) is 41.6 Å². The third-order valence-corrected chi connectivity index (χ3v) is 2.90. The lowest BCUT2D eigenvalue weighted by atomic mass is 10.2. The molecule has 1 aromatic heterocycles. The molecular formula is C14H16N2O4. The Morgan fingerprint density at radius 2 is 2.05 bits per heavy atom. The van der Waals surface area contributed by atoms with Gasteiger partial charge in [-0.05, 0) is 25.1 Å². The molecule has 0 spiro atoms. The number of benzene rings is 1. The number of methoxy groups -OCH3 is 2. The smallest absolute Gasteiger partial charge is 0.251 e. The standard InChI is InChI=1S/C14H16N2O4/c1-9-13(20-8-16-9)7-15-14(17)10-4-5-11(18-2)12(6-10)19-3/h4-6,8H,7H2,1-3H3,(H,15,17). The van der Waals surface area contributed by atoms with Crippen molar-refractivity contribution in [1.82, 2.24) is 10.3 Å². The molecule has 0 atom stereocenters. The van der Waals surface area contributed by atoms with E-state index in [9.17, 15) is 4.79 Å². The molecule has 0 fully saturated rings. The van der Waals surface area contributed by atoms with Crippen LogP contribution in [0.3, 0.4) is 0 Å². The Hall–Kier alpha value is -2.50. The van der Waals surface area contributed by atoms with Crippen molar-refractivity contribution in [3.8, 4) is 11.5 Å².